The Morgan fingerprint density at radius 3 is 2.61 bits per heavy atom. The first-order valence-corrected chi connectivity index (χ1v) is 6.10. The van der Waals surface area contributed by atoms with E-state index in [1.54, 1.807) is 19.1 Å². The summed E-state index contributed by atoms with van der Waals surface area (Å²) in [5.74, 6) is -0.124. The Hall–Kier alpha value is -1.55. The van der Waals surface area contributed by atoms with E-state index in [0.29, 0.717) is 12.1 Å². The zero-order valence-corrected chi connectivity index (χ0v) is 11.2. The van der Waals surface area contributed by atoms with Gasteiger partial charge in [-0.2, -0.15) is 0 Å². The van der Waals surface area contributed by atoms with Gasteiger partial charge in [-0.25, -0.2) is 0 Å². The second-order valence-corrected chi connectivity index (χ2v) is 5.01. The van der Waals surface area contributed by atoms with Gasteiger partial charge in [0.2, 0.25) is 0 Å². The summed E-state index contributed by atoms with van der Waals surface area (Å²) in [5.41, 5.74) is 0.859. The normalized spacial score (nSPS) is 14.0. The largest absolute Gasteiger partial charge is 0.508 e. The van der Waals surface area contributed by atoms with E-state index < -0.39 is 0 Å². The van der Waals surface area contributed by atoms with Crippen LogP contribution >= 0.6 is 0 Å². The van der Waals surface area contributed by atoms with Gasteiger partial charge in [-0.15, -0.1) is 0 Å². The number of phenols is 1. The number of nitrogens with one attached hydrogen (secondary N) is 1. The van der Waals surface area contributed by atoms with Crippen LogP contribution in [0.3, 0.4) is 0 Å². The molecule has 100 valence electrons. The fourth-order valence-electron chi connectivity index (χ4n) is 1.44. The van der Waals surface area contributed by atoms with Gasteiger partial charge < -0.3 is 15.5 Å². The minimum absolute atomic E-state index is 0.0307. The molecule has 18 heavy (non-hydrogen) atoms. The van der Waals surface area contributed by atoms with Crippen molar-refractivity contribution in [3.05, 3.63) is 29.3 Å². The predicted molar refractivity (Wildman–Crippen MR) is 70.7 cm³/mol. The van der Waals surface area contributed by atoms with Crippen LogP contribution in [0.1, 0.15) is 36.2 Å². The van der Waals surface area contributed by atoms with E-state index in [1.807, 2.05) is 13.8 Å². The molecule has 1 unspecified atom stereocenters. The molecular formula is C14H21NO3. The molecule has 4 heteroatoms. The number of aryl methyl sites for hydroxylation is 1. The molecule has 0 heterocycles. The minimum Gasteiger partial charge on any atom is -0.508 e. The third-order valence-electron chi connectivity index (χ3n) is 3.38. The number of amides is 1. The third kappa shape index (κ3) is 3.47. The van der Waals surface area contributed by atoms with Crippen molar-refractivity contribution in [2.75, 3.05) is 13.2 Å². The van der Waals surface area contributed by atoms with Gasteiger partial charge in [-0.05, 0) is 31.0 Å². The molecule has 0 saturated carbocycles. The summed E-state index contributed by atoms with van der Waals surface area (Å²) in [7, 11) is 0. The Kier molecular flexibility index (Phi) is 4.73. The number of aromatic hydroxyl groups is 1. The van der Waals surface area contributed by atoms with Crippen LogP contribution in [0.25, 0.3) is 0 Å². The van der Waals surface area contributed by atoms with Gasteiger partial charge in [0.05, 0.1) is 6.61 Å². The zero-order valence-electron chi connectivity index (χ0n) is 11.2. The van der Waals surface area contributed by atoms with Gasteiger partial charge in [0.15, 0.2) is 0 Å². The highest BCUT2D eigenvalue weighted by atomic mass is 16.3. The maximum atomic E-state index is 11.9. The summed E-state index contributed by atoms with van der Waals surface area (Å²) in [4.78, 5) is 11.9. The fourth-order valence-corrected chi connectivity index (χ4v) is 1.44. The minimum atomic E-state index is -0.303. The van der Waals surface area contributed by atoms with Crippen LogP contribution in [0.2, 0.25) is 0 Å². The first-order chi connectivity index (χ1) is 8.41. The molecule has 0 spiro atoms. The molecule has 0 saturated heterocycles. The summed E-state index contributed by atoms with van der Waals surface area (Å²) in [6, 6.07) is 4.83. The number of aliphatic hydroxyl groups excluding tert-OH is 1. The van der Waals surface area contributed by atoms with E-state index in [0.717, 1.165) is 12.0 Å². The van der Waals surface area contributed by atoms with Gasteiger partial charge in [0, 0.05) is 17.5 Å². The van der Waals surface area contributed by atoms with Gasteiger partial charge in [-0.3, -0.25) is 4.79 Å². The van der Waals surface area contributed by atoms with Crippen LogP contribution in [-0.4, -0.2) is 29.3 Å². The van der Waals surface area contributed by atoms with Crippen LogP contribution < -0.4 is 5.32 Å². The molecule has 1 atom stereocenters. The Bertz CT molecular complexity index is 425. The fraction of sp³-hybridized carbons (Fsp3) is 0.500. The number of hydrogen-bond donors (Lipinski definition) is 3. The molecule has 0 aliphatic carbocycles. The summed E-state index contributed by atoms with van der Waals surface area (Å²) in [6.07, 6.45) is 0.781. The standard InChI is InChI=1S/C14H21NO3/c1-4-14(3,9-16)8-15-13(18)11-6-5-10(2)12(17)7-11/h5-7,16-17H,4,8-9H2,1-3H3,(H,15,18). The Balaban J connectivity index is 2.68. The molecule has 1 aromatic carbocycles. The van der Waals surface area contributed by atoms with Crippen LogP contribution in [0, 0.1) is 12.3 Å². The van der Waals surface area contributed by atoms with Crippen LogP contribution in [0.4, 0.5) is 0 Å². The van der Waals surface area contributed by atoms with Gasteiger partial charge in [-0.1, -0.05) is 19.9 Å². The molecule has 0 radical (unpaired) electrons. The van der Waals surface area contributed by atoms with Crippen molar-refractivity contribution in [1.82, 2.24) is 5.32 Å². The van der Waals surface area contributed by atoms with Crippen LogP contribution in [-0.2, 0) is 0 Å². The lowest BCUT2D eigenvalue weighted by atomic mass is 9.88. The number of benzene rings is 1. The van der Waals surface area contributed by atoms with Crippen molar-refractivity contribution in [3.8, 4) is 5.75 Å². The molecule has 1 amide bonds. The average Bonchev–Trinajstić information content (AvgIpc) is 2.38. The molecule has 3 N–H and O–H groups in total. The summed E-state index contributed by atoms with van der Waals surface area (Å²) < 4.78 is 0. The first-order valence-electron chi connectivity index (χ1n) is 6.10. The lowest BCUT2D eigenvalue weighted by Gasteiger charge is -2.25. The number of carbonyl (C=O) groups is 1. The predicted octanol–water partition coefficient (Wildman–Crippen LogP) is 1.84. The SMILES string of the molecule is CCC(C)(CO)CNC(=O)c1ccc(C)c(O)c1. The van der Waals surface area contributed by atoms with E-state index in [4.69, 9.17) is 0 Å². The number of rotatable bonds is 5. The van der Waals surface area contributed by atoms with Crippen molar-refractivity contribution >= 4 is 5.91 Å². The van der Waals surface area contributed by atoms with Crippen LogP contribution in [0.5, 0.6) is 5.75 Å². The highest BCUT2D eigenvalue weighted by Crippen LogP contribution is 2.20. The second-order valence-electron chi connectivity index (χ2n) is 5.01. The topological polar surface area (TPSA) is 69.6 Å². The van der Waals surface area contributed by atoms with Crippen molar-refractivity contribution in [2.24, 2.45) is 5.41 Å². The van der Waals surface area contributed by atoms with Crippen LogP contribution in [0.15, 0.2) is 18.2 Å². The van der Waals surface area contributed by atoms with Gasteiger partial charge in [0.1, 0.15) is 5.75 Å². The molecule has 0 aromatic heterocycles. The Morgan fingerprint density at radius 1 is 1.44 bits per heavy atom. The van der Waals surface area contributed by atoms with Crippen molar-refractivity contribution in [2.45, 2.75) is 27.2 Å². The zero-order chi connectivity index (χ0) is 13.8. The van der Waals surface area contributed by atoms with E-state index in [-0.39, 0.29) is 23.7 Å². The molecular weight excluding hydrogens is 230 g/mol. The first kappa shape index (κ1) is 14.5. The number of aliphatic hydroxyl groups is 1. The molecule has 1 rings (SSSR count). The maximum absolute atomic E-state index is 11.9. The monoisotopic (exact) mass is 251 g/mol. The van der Waals surface area contributed by atoms with Crippen molar-refractivity contribution in [1.29, 1.82) is 0 Å². The van der Waals surface area contributed by atoms with Crippen molar-refractivity contribution in [3.63, 3.8) is 0 Å². The number of phenolic OH excluding ortho intramolecular Hbond substituents is 1. The summed E-state index contributed by atoms with van der Waals surface area (Å²) in [6.45, 7) is 6.10. The number of carbonyl (C=O) groups excluding carboxylic acids is 1. The highest BCUT2D eigenvalue weighted by Gasteiger charge is 2.22. The maximum Gasteiger partial charge on any atom is 0.251 e. The van der Waals surface area contributed by atoms with E-state index in [1.165, 1.54) is 6.07 Å². The van der Waals surface area contributed by atoms with Gasteiger partial charge in [0.25, 0.3) is 5.91 Å². The lowest BCUT2D eigenvalue weighted by molar-refractivity contribution is 0.0890. The molecule has 0 aliphatic rings. The van der Waals surface area contributed by atoms with Crippen molar-refractivity contribution < 1.29 is 15.0 Å². The quantitative estimate of drug-likeness (QED) is 0.748. The average molecular weight is 251 g/mol. The molecule has 4 nitrogen and oxygen atoms in total. The Labute approximate surface area is 108 Å². The molecule has 0 fully saturated rings. The lowest BCUT2D eigenvalue weighted by Crippen LogP contribution is -2.37. The Morgan fingerprint density at radius 2 is 2.11 bits per heavy atom. The number of hydrogen-bond acceptors (Lipinski definition) is 3. The molecule has 0 aliphatic heterocycles. The molecule has 1 aromatic rings. The molecule has 0 bridgehead atoms. The van der Waals surface area contributed by atoms with E-state index in [9.17, 15) is 15.0 Å². The highest BCUT2D eigenvalue weighted by molar-refractivity contribution is 5.94. The summed E-state index contributed by atoms with van der Waals surface area (Å²) in [5, 5.41) is 21.6. The van der Waals surface area contributed by atoms with E-state index in [2.05, 4.69) is 5.32 Å². The second kappa shape index (κ2) is 5.87. The third-order valence-corrected chi connectivity index (χ3v) is 3.38. The summed E-state index contributed by atoms with van der Waals surface area (Å²) >= 11 is 0. The van der Waals surface area contributed by atoms with E-state index >= 15 is 0 Å². The van der Waals surface area contributed by atoms with Gasteiger partial charge >= 0.3 is 0 Å². The smallest absolute Gasteiger partial charge is 0.251 e.